The van der Waals surface area contributed by atoms with Crippen LogP contribution in [0.4, 0.5) is 10.1 Å². The van der Waals surface area contributed by atoms with Crippen molar-refractivity contribution in [2.24, 2.45) is 0 Å². The molecule has 7 heteroatoms. The Morgan fingerprint density at radius 2 is 1.96 bits per heavy atom. The Balaban J connectivity index is 1.87. The summed E-state index contributed by atoms with van der Waals surface area (Å²) in [5, 5.41) is 5.53. The van der Waals surface area contributed by atoms with Crippen LogP contribution in [0.2, 0.25) is 0 Å². The van der Waals surface area contributed by atoms with E-state index in [9.17, 15) is 14.0 Å². The average molecular weight is 344 g/mol. The molecule has 1 aromatic carbocycles. The third kappa shape index (κ3) is 3.70. The van der Waals surface area contributed by atoms with Crippen LogP contribution in [0.3, 0.4) is 0 Å². The minimum atomic E-state index is -0.383. The van der Waals surface area contributed by atoms with Crippen molar-refractivity contribution in [2.45, 2.75) is 39.2 Å². The van der Waals surface area contributed by atoms with Crippen molar-refractivity contribution in [1.82, 2.24) is 14.9 Å². The van der Waals surface area contributed by atoms with Gasteiger partial charge in [-0.05, 0) is 49.9 Å². The lowest BCUT2D eigenvalue weighted by Gasteiger charge is -2.17. The van der Waals surface area contributed by atoms with Gasteiger partial charge in [0, 0.05) is 18.8 Å². The van der Waals surface area contributed by atoms with Gasteiger partial charge in [-0.1, -0.05) is 6.92 Å². The van der Waals surface area contributed by atoms with Crippen molar-refractivity contribution < 1.29 is 14.0 Å². The largest absolute Gasteiger partial charge is 0.349 e. The predicted molar refractivity (Wildman–Crippen MR) is 92.1 cm³/mol. The monoisotopic (exact) mass is 344 g/mol. The number of nitrogens with zero attached hydrogens (tertiary/aromatic N) is 2. The summed E-state index contributed by atoms with van der Waals surface area (Å²) in [6.45, 7) is 3.22. The fourth-order valence-electron chi connectivity index (χ4n) is 2.94. The molecule has 0 atom stereocenters. The van der Waals surface area contributed by atoms with Crippen LogP contribution in [0, 0.1) is 5.82 Å². The van der Waals surface area contributed by atoms with Gasteiger partial charge in [-0.25, -0.2) is 9.37 Å². The van der Waals surface area contributed by atoms with E-state index in [0.29, 0.717) is 25.2 Å². The van der Waals surface area contributed by atoms with E-state index in [1.807, 2.05) is 11.5 Å². The SMILES string of the molecule is CCCNC(=O)c1nc(C(=O)Nc2ccc(F)cc2)c2n1CCCC2. The molecular formula is C18H21FN4O2. The van der Waals surface area contributed by atoms with Crippen molar-refractivity contribution >= 4 is 17.5 Å². The number of imidazole rings is 1. The van der Waals surface area contributed by atoms with E-state index in [2.05, 4.69) is 15.6 Å². The molecule has 2 N–H and O–H groups in total. The Morgan fingerprint density at radius 3 is 2.68 bits per heavy atom. The maximum atomic E-state index is 13.0. The smallest absolute Gasteiger partial charge is 0.287 e. The van der Waals surface area contributed by atoms with Gasteiger partial charge in [0.25, 0.3) is 11.8 Å². The van der Waals surface area contributed by atoms with E-state index in [4.69, 9.17) is 0 Å². The van der Waals surface area contributed by atoms with Gasteiger partial charge in [0.2, 0.25) is 0 Å². The first-order valence-electron chi connectivity index (χ1n) is 8.54. The first kappa shape index (κ1) is 17.1. The predicted octanol–water partition coefficient (Wildman–Crippen LogP) is 2.75. The molecule has 3 rings (SSSR count). The van der Waals surface area contributed by atoms with E-state index >= 15 is 0 Å². The molecule has 1 aliphatic heterocycles. The summed E-state index contributed by atoms with van der Waals surface area (Å²) < 4.78 is 14.8. The van der Waals surface area contributed by atoms with Gasteiger partial charge < -0.3 is 15.2 Å². The highest BCUT2D eigenvalue weighted by atomic mass is 19.1. The van der Waals surface area contributed by atoms with Crippen molar-refractivity contribution in [2.75, 3.05) is 11.9 Å². The Kier molecular flexibility index (Phi) is 5.11. The number of benzene rings is 1. The average Bonchev–Trinajstić information content (AvgIpc) is 3.01. The number of carbonyl (C=O) groups excluding carboxylic acids is 2. The number of rotatable bonds is 5. The molecule has 6 nitrogen and oxygen atoms in total. The molecule has 0 fully saturated rings. The normalized spacial score (nSPS) is 13.2. The van der Waals surface area contributed by atoms with E-state index in [1.165, 1.54) is 24.3 Å². The van der Waals surface area contributed by atoms with Gasteiger partial charge >= 0.3 is 0 Å². The van der Waals surface area contributed by atoms with Crippen molar-refractivity contribution in [3.63, 3.8) is 0 Å². The molecule has 1 aliphatic rings. The zero-order chi connectivity index (χ0) is 17.8. The van der Waals surface area contributed by atoms with Crippen molar-refractivity contribution in [3.05, 3.63) is 47.3 Å². The van der Waals surface area contributed by atoms with Crippen molar-refractivity contribution in [1.29, 1.82) is 0 Å². The second kappa shape index (κ2) is 7.46. The number of carbonyl (C=O) groups is 2. The Bertz CT molecular complexity index is 783. The fraction of sp³-hybridized carbons (Fsp3) is 0.389. The van der Waals surface area contributed by atoms with Crippen LogP contribution < -0.4 is 10.6 Å². The zero-order valence-electron chi connectivity index (χ0n) is 14.1. The van der Waals surface area contributed by atoms with E-state index < -0.39 is 0 Å². The van der Waals surface area contributed by atoms with Crippen LogP contribution in [0.1, 0.15) is 53.0 Å². The Hall–Kier alpha value is -2.70. The molecule has 0 bridgehead atoms. The number of hydrogen-bond donors (Lipinski definition) is 2. The zero-order valence-corrected chi connectivity index (χ0v) is 14.1. The summed E-state index contributed by atoms with van der Waals surface area (Å²) >= 11 is 0. The Labute approximate surface area is 145 Å². The lowest BCUT2D eigenvalue weighted by molar-refractivity contribution is 0.0937. The highest BCUT2D eigenvalue weighted by Gasteiger charge is 2.27. The van der Waals surface area contributed by atoms with E-state index in [-0.39, 0.29) is 29.1 Å². The quantitative estimate of drug-likeness (QED) is 0.876. The van der Waals surface area contributed by atoms with Gasteiger partial charge in [0.1, 0.15) is 5.82 Å². The maximum absolute atomic E-state index is 13.0. The number of hydrogen-bond acceptors (Lipinski definition) is 3. The van der Waals surface area contributed by atoms with Crippen LogP contribution >= 0.6 is 0 Å². The molecule has 0 unspecified atom stereocenters. The maximum Gasteiger partial charge on any atom is 0.287 e. The molecule has 0 radical (unpaired) electrons. The molecule has 25 heavy (non-hydrogen) atoms. The lowest BCUT2D eigenvalue weighted by atomic mass is 10.1. The van der Waals surface area contributed by atoms with Crippen LogP contribution in [-0.2, 0) is 13.0 Å². The van der Waals surface area contributed by atoms with Crippen molar-refractivity contribution in [3.8, 4) is 0 Å². The molecule has 132 valence electrons. The van der Waals surface area contributed by atoms with Gasteiger partial charge in [-0.3, -0.25) is 9.59 Å². The minimum Gasteiger partial charge on any atom is -0.349 e. The summed E-state index contributed by atoms with van der Waals surface area (Å²) in [4.78, 5) is 29.3. The lowest BCUT2D eigenvalue weighted by Crippen LogP contribution is -2.28. The molecule has 2 amide bonds. The van der Waals surface area contributed by atoms with E-state index in [1.54, 1.807) is 0 Å². The molecule has 0 saturated heterocycles. The summed E-state index contributed by atoms with van der Waals surface area (Å²) in [5.74, 6) is -0.725. The van der Waals surface area contributed by atoms with Crippen LogP contribution in [0.25, 0.3) is 0 Å². The number of fused-ring (bicyclic) bond motifs is 1. The molecule has 0 aliphatic carbocycles. The van der Waals surface area contributed by atoms with Crippen LogP contribution in [-0.4, -0.2) is 27.9 Å². The third-order valence-corrected chi connectivity index (χ3v) is 4.17. The third-order valence-electron chi connectivity index (χ3n) is 4.17. The standard InChI is InChI=1S/C18H21FN4O2/c1-2-10-20-18(25)16-22-15(14-5-3-4-11-23(14)16)17(24)21-13-8-6-12(19)7-9-13/h6-9H,2-5,10-11H2,1H3,(H,20,25)(H,21,24). The van der Waals surface area contributed by atoms with Gasteiger partial charge in [-0.2, -0.15) is 0 Å². The minimum absolute atomic E-state index is 0.258. The topological polar surface area (TPSA) is 76.0 Å². The second-order valence-corrected chi connectivity index (χ2v) is 6.06. The van der Waals surface area contributed by atoms with Gasteiger partial charge in [-0.15, -0.1) is 0 Å². The molecule has 0 saturated carbocycles. The van der Waals surface area contributed by atoms with Crippen LogP contribution in [0.5, 0.6) is 0 Å². The second-order valence-electron chi connectivity index (χ2n) is 6.06. The number of amides is 2. The van der Waals surface area contributed by atoms with Crippen LogP contribution in [0.15, 0.2) is 24.3 Å². The number of nitrogens with one attached hydrogen (secondary N) is 2. The molecule has 1 aromatic heterocycles. The summed E-state index contributed by atoms with van der Waals surface area (Å²) in [6, 6.07) is 5.54. The molecule has 0 spiro atoms. The first-order valence-corrected chi connectivity index (χ1v) is 8.54. The van der Waals surface area contributed by atoms with Gasteiger partial charge in [0.05, 0.1) is 5.69 Å². The number of aromatic nitrogens is 2. The molecule has 2 heterocycles. The van der Waals surface area contributed by atoms with E-state index in [0.717, 1.165) is 25.0 Å². The molecule has 2 aromatic rings. The highest BCUT2D eigenvalue weighted by Crippen LogP contribution is 2.22. The van der Waals surface area contributed by atoms with Gasteiger partial charge in [0.15, 0.2) is 11.5 Å². The molecular weight excluding hydrogens is 323 g/mol. The first-order chi connectivity index (χ1) is 12.1. The number of halogens is 1. The number of anilines is 1. The fourth-order valence-corrected chi connectivity index (χ4v) is 2.94. The Morgan fingerprint density at radius 1 is 1.20 bits per heavy atom. The summed E-state index contributed by atoms with van der Waals surface area (Å²) in [5.41, 5.74) is 1.54. The highest BCUT2D eigenvalue weighted by molar-refractivity contribution is 6.05. The summed E-state index contributed by atoms with van der Waals surface area (Å²) in [7, 11) is 0. The summed E-state index contributed by atoms with van der Waals surface area (Å²) in [6.07, 6.45) is 3.45.